The summed E-state index contributed by atoms with van der Waals surface area (Å²) in [4.78, 5) is 28.6. The number of hydrogen-bond donors (Lipinski definition) is 2. The SMILES string of the molecule is O=C(NCc1ccc(Sc2ccccc2)cc1)[C@H]1CC(=O)N(c2cn[nH]c2)C1. The van der Waals surface area contributed by atoms with Crippen molar-refractivity contribution in [2.24, 2.45) is 5.92 Å². The molecular weight excluding hydrogens is 372 g/mol. The van der Waals surface area contributed by atoms with Gasteiger partial charge in [0, 0.05) is 35.5 Å². The second kappa shape index (κ2) is 8.31. The van der Waals surface area contributed by atoms with Crippen LogP contribution in [0.3, 0.4) is 0 Å². The molecule has 0 bridgehead atoms. The number of carbonyl (C=O) groups is 2. The largest absolute Gasteiger partial charge is 0.352 e. The van der Waals surface area contributed by atoms with E-state index in [0.29, 0.717) is 18.8 Å². The molecule has 2 aromatic carbocycles. The minimum Gasteiger partial charge on any atom is -0.352 e. The van der Waals surface area contributed by atoms with Crippen molar-refractivity contribution in [2.75, 3.05) is 11.4 Å². The zero-order valence-corrected chi connectivity index (χ0v) is 16.0. The zero-order valence-electron chi connectivity index (χ0n) is 15.2. The number of carbonyl (C=O) groups excluding carboxylic acids is 2. The van der Waals surface area contributed by atoms with Crippen LogP contribution in [0.25, 0.3) is 0 Å². The molecule has 142 valence electrons. The fourth-order valence-corrected chi connectivity index (χ4v) is 4.00. The van der Waals surface area contributed by atoms with Gasteiger partial charge in [0.25, 0.3) is 0 Å². The second-order valence-corrected chi connectivity index (χ2v) is 7.79. The molecule has 0 saturated carbocycles. The first kappa shape index (κ1) is 18.3. The summed E-state index contributed by atoms with van der Waals surface area (Å²) in [5.41, 5.74) is 1.73. The maximum Gasteiger partial charge on any atom is 0.227 e. The van der Waals surface area contributed by atoms with Gasteiger partial charge in [-0.2, -0.15) is 5.10 Å². The van der Waals surface area contributed by atoms with Crippen LogP contribution in [0.1, 0.15) is 12.0 Å². The molecule has 2 heterocycles. The fourth-order valence-electron chi connectivity index (χ4n) is 3.16. The van der Waals surface area contributed by atoms with E-state index in [0.717, 1.165) is 10.5 Å². The van der Waals surface area contributed by atoms with E-state index in [2.05, 4.69) is 39.8 Å². The molecule has 3 aromatic rings. The summed E-state index contributed by atoms with van der Waals surface area (Å²) in [6, 6.07) is 18.3. The molecule has 28 heavy (non-hydrogen) atoms. The first-order valence-corrected chi connectivity index (χ1v) is 9.89. The van der Waals surface area contributed by atoms with Crippen LogP contribution in [0.15, 0.2) is 76.8 Å². The third-order valence-corrected chi connectivity index (χ3v) is 5.68. The van der Waals surface area contributed by atoms with Crippen molar-refractivity contribution in [2.45, 2.75) is 22.8 Å². The first-order chi connectivity index (χ1) is 13.7. The molecule has 1 saturated heterocycles. The quantitative estimate of drug-likeness (QED) is 0.675. The summed E-state index contributed by atoms with van der Waals surface area (Å²) in [6.45, 7) is 0.836. The van der Waals surface area contributed by atoms with Crippen LogP contribution < -0.4 is 10.2 Å². The average molecular weight is 392 g/mol. The smallest absolute Gasteiger partial charge is 0.227 e. The number of nitrogens with one attached hydrogen (secondary N) is 2. The van der Waals surface area contributed by atoms with Crippen molar-refractivity contribution in [3.8, 4) is 0 Å². The van der Waals surface area contributed by atoms with Crippen LogP contribution >= 0.6 is 11.8 Å². The number of rotatable bonds is 6. The summed E-state index contributed by atoms with van der Waals surface area (Å²) >= 11 is 1.70. The first-order valence-electron chi connectivity index (χ1n) is 9.08. The van der Waals surface area contributed by atoms with Crippen LogP contribution in [-0.4, -0.2) is 28.6 Å². The molecule has 1 aliphatic heterocycles. The van der Waals surface area contributed by atoms with Crippen LogP contribution in [0, 0.1) is 5.92 Å². The molecular formula is C21H20N4O2S. The third kappa shape index (κ3) is 4.26. The number of benzene rings is 2. The van der Waals surface area contributed by atoms with Crippen molar-refractivity contribution < 1.29 is 9.59 Å². The highest BCUT2D eigenvalue weighted by molar-refractivity contribution is 7.99. The Hall–Kier alpha value is -3.06. The molecule has 1 aromatic heterocycles. The summed E-state index contributed by atoms with van der Waals surface area (Å²) in [6.07, 6.45) is 3.48. The topological polar surface area (TPSA) is 78.1 Å². The molecule has 7 heteroatoms. The molecule has 4 rings (SSSR count). The van der Waals surface area contributed by atoms with Gasteiger partial charge in [0.2, 0.25) is 11.8 Å². The average Bonchev–Trinajstić information content (AvgIpc) is 3.37. The predicted octanol–water partition coefficient (Wildman–Crippen LogP) is 3.23. The van der Waals surface area contributed by atoms with Gasteiger partial charge >= 0.3 is 0 Å². The lowest BCUT2D eigenvalue weighted by Gasteiger charge is -2.14. The summed E-state index contributed by atoms with van der Waals surface area (Å²) in [5.74, 6) is -0.485. The van der Waals surface area contributed by atoms with E-state index in [9.17, 15) is 9.59 Å². The number of aromatic nitrogens is 2. The van der Waals surface area contributed by atoms with Crippen molar-refractivity contribution >= 4 is 29.3 Å². The maximum atomic E-state index is 12.5. The van der Waals surface area contributed by atoms with Crippen molar-refractivity contribution in [3.05, 3.63) is 72.6 Å². The minimum absolute atomic E-state index is 0.0520. The Kier molecular flexibility index (Phi) is 5.43. The highest BCUT2D eigenvalue weighted by Crippen LogP contribution is 2.27. The van der Waals surface area contributed by atoms with E-state index in [1.54, 1.807) is 29.1 Å². The van der Waals surface area contributed by atoms with E-state index in [4.69, 9.17) is 0 Å². The van der Waals surface area contributed by atoms with E-state index < -0.39 is 0 Å². The van der Waals surface area contributed by atoms with Crippen LogP contribution in [0.2, 0.25) is 0 Å². The number of amides is 2. The van der Waals surface area contributed by atoms with Crippen LogP contribution in [0.4, 0.5) is 5.69 Å². The normalized spacial score (nSPS) is 16.4. The molecule has 0 radical (unpaired) electrons. The molecule has 1 fully saturated rings. The van der Waals surface area contributed by atoms with Crippen LogP contribution in [-0.2, 0) is 16.1 Å². The lowest BCUT2D eigenvalue weighted by molar-refractivity contribution is -0.126. The van der Waals surface area contributed by atoms with E-state index in [1.807, 2.05) is 30.3 Å². The highest BCUT2D eigenvalue weighted by Gasteiger charge is 2.35. The monoisotopic (exact) mass is 392 g/mol. The van der Waals surface area contributed by atoms with Gasteiger partial charge in [0.15, 0.2) is 0 Å². The van der Waals surface area contributed by atoms with Gasteiger partial charge in [0.05, 0.1) is 17.8 Å². The number of aromatic amines is 1. The second-order valence-electron chi connectivity index (χ2n) is 6.64. The number of hydrogen-bond acceptors (Lipinski definition) is 4. The zero-order chi connectivity index (χ0) is 19.3. The molecule has 1 aliphatic rings. The Bertz CT molecular complexity index is 942. The predicted molar refractivity (Wildman–Crippen MR) is 108 cm³/mol. The number of anilines is 1. The Morgan fingerprint density at radius 1 is 1.14 bits per heavy atom. The Morgan fingerprint density at radius 2 is 1.89 bits per heavy atom. The van der Waals surface area contributed by atoms with Gasteiger partial charge in [-0.15, -0.1) is 0 Å². The number of H-pyrrole nitrogens is 1. The molecule has 0 aliphatic carbocycles. The van der Waals surface area contributed by atoms with Crippen LogP contribution in [0.5, 0.6) is 0 Å². The minimum atomic E-state index is -0.338. The maximum absolute atomic E-state index is 12.5. The van der Waals surface area contributed by atoms with Gasteiger partial charge in [0.1, 0.15) is 0 Å². The van der Waals surface area contributed by atoms with Crippen molar-refractivity contribution in [1.82, 2.24) is 15.5 Å². The summed E-state index contributed by atoms with van der Waals surface area (Å²) in [7, 11) is 0. The van der Waals surface area contributed by atoms with Gasteiger partial charge in [-0.05, 0) is 29.8 Å². The Balaban J connectivity index is 1.29. The molecule has 1 atom stereocenters. The van der Waals surface area contributed by atoms with E-state index in [1.165, 1.54) is 4.90 Å². The van der Waals surface area contributed by atoms with Gasteiger partial charge in [-0.25, -0.2) is 0 Å². The molecule has 0 spiro atoms. The summed E-state index contributed by atoms with van der Waals surface area (Å²) in [5, 5.41) is 9.50. The van der Waals surface area contributed by atoms with Gasteiger partial charge < -0.3 is 10.2 Å². The Morgan fingerprint density at radius 3 is 2.61 bits per heavy atom. The van der Waals surface area contributed by atoms with Crippen molar-refractivity contribution in [3.63, 3.8) is 0 Å². The van der Waals surface area contributed by atoms with E-state index >= 15 is 0 Å². The lowest BCUT2D eigenvalue weighted by atomic mass is 10.1. The Labute approximate surface area is 167 Å². The molecule has 2 amide bonds. The van der Waals surface area contributed by atoms with E-state index in [-0.39, 0.29) is 24.2 Å². The number of nitrogens with zero attached hydrogens (tertiary/aromatic N) is 2. The van der Waals surface area contributed by atoms with Crippen molar-refractivity contribution in [1.29, 1.82) is 0 Å². The standard InChI is InChI=1S/C21H20N4O2S/c26-20-10-16(14-25(20)17-12-23-24-13-17)21(27)22-11-15-6-8-19(9-7-15)28-18-4-2-1-3-5-18/h1-9,12-13,16H,10-11,14H2,(H,22,27)(H,23,24)/t16-/m0/s1. The highest BCUT2D eigenvalue weighted by atomic mass is 32.2. The fraction of sp³-hybridized carbons (Fsp3) is 0.190. The molecule has 6 nitrogen and oxygen atoms in total. The molecule has 2 N–H and O–H groups in total. The summed E-state index contributed by atoms with van der Waals surface area (Å²) < 4.78 is 0. The van der Waals surface area contributed by atoms with Gasteiger partial charge in [-0.1, -0.05) is 42.1 Å². The third-order valence-electron chi connectivity index (χ3n) is 4.66. The molecule has 0 unspecified atom stereocenters. The lowest BCUT2D eigenvalue weighted by Crippen LogP contribution is -2.32. The van der Waals surface area contributed by atoms with Gasteiger partial charge in [-0.3, -0.25) is 14.7 Å².